The Kier molecular flexibility index (Phi) is 9.66. The third-order valence-corrected chi connectivity index (χ3v) is 7.02. The zero-order chi connectivity index (χ0) is 30.5. The second-order valence-corrected chi connectivity index (χ2v) is 11.3. The summed E-state index contributed by atoms with van der Waals surface area (Å²) in [6.07, 6.45) is -2.39. The van der Waals surface area contributed by atoms with Gasteiger partial charge in [-0.25, -0.2) is 14.0 Å². The molecule has 1 aromatic carbocycles. The Balaban J connectivity index is 1.75. The van der Waals surface area contributed by atoms with Crippen LogP contribution in [0.5, 0.6) is 5.75 Å². The standard InChI is InChI=1S/C27H36FN3O10/c1-16(32)29-13-18-14-31(25(38)40-18)17-5-6-21(20(28)11-17)39-15-27(19(23(35)36)12-22(33)34)7-9-30(10-8-27)24(37)41-26(2,3)4/h5-6,11,18-19H,7-10,12-15H2,1-4H3,(H,29,32)(H,33,34)(H,35,36)/t18-,19?/m0/s1. The number of halogens is 1. The van der Waals surface area contributed by atoms with E-state index in [4.69, 9.17) is 14.2 Å². The van der Waals surface area contributed by atoms with Crippen LogP contribution in [-0.4, -0.2) is 89.6 Å². The van der Waals surface area contributed by atoms with Gasteiger partial charge in [0, 0.05) is 31.5 Å². The quantitative estimate of drug-likeness (QED) is 0.373. The number of carboxylic acid groups (broad SMARTS) is 2. The number of likely N-dealkylation sites (tertiary alicyclic amines) is 1. The van der Waals surface area contributed by atoms with Crippen molar-refractivity contribution >= 4 is 35.7 Å². The number of carbonyl (C=O) groups is 5. The first-order valence-corrected chi connectivity index (χ1v) is 13.2. The molecule has 0 aromatic heterocycles. The van der Waals surface area contributed by atoms with Gasteiger partial charge >= 0.3 is 24.1 Å². The summed E-state index contributed by atoms with van der Waals surface area (Å²) in [4.78, 5) is 62.3. The first kappa shape index (κ1) is 31.4. The van der Waals surface area contributed by atoms with Crippen LogP contribution in [-0.2, 0) is 23.9 Å². The smallest absolute Gasteiger partial charge is 0.414 e. The van der Waals surface area contributed by atoms with Gasteiger partial charge in [-0.1, -0.05) is 0 Å². The number of carboxylic acids is 2. The van der Waals surface area contributed by atoms with Gasteiger partial charge in [0.2, 0.25) is 5.91 Å². The van der Waals surface area contributed by atoms with Crippen molar-refractivity contribution in [1.82, 2.24) is 10.2 Å². The zero-order valence-electron chi connectivity index (χ0n) is 23.5. The van der Waals surface area contributed by atoms with E-state index < -0.39 is 59.4 Å². The second-order valence-electron chi connectivity index (χ2n) is 11.3. The number of nitrogens with one attached hydrogen (secondary N) is 1. The SMILES string of the molecule is CC(=O)NC[C@H]1CN(c2ccc(OCC3(C(CC(=O)O)C(=O)O)CCN(C(=O)OC(C)(C)C)CC3)c(F)c2)C(=O)O1. The van der Waals surface area contributed by atoms with Crippen molar-refractivity contribution in [2.24, 2.45) is 11.3 Å². The molecule has 2 aliphatic rings. The molecule has 0 aliphatic carbocycles. The maximum absolute atomic E-state index is 15.1. The van der Waals surface area contributed by atoms with Gasteiger partial charge in [0.15, 0.2) is 11.6 Å². The lowest BCUT2D eigenvalue weighted by Gasteiger charge is -2.44. The van der Waals surface area contributed by atoms with Crippen molar-refractivity contribution < 1.29 is 52.8 Å². The fourth-order valence-corrected chi connectivity index (χ4v) is 4.89. The van der Waals surface area contributed by atoms with Crippen molar-refractivity contribution in [3.8, 4) is 5.75 Å². The molecule has 3 rings (SSSR count). The fraction of sp³-hybridized carbons (Fsp3) is 0.593. The predicted molar refractivity (Wildman–Crippen MR) is 141 cm³/mol. The number of ether oxygens (including phenoxy) is 3. The Labute approximate surface area is 236 Å². The number of hydrogen-bond acceptors (Lipinski definition) is 8. The molecule has 2 fully saturated rings. The highest BCUT2D eigenvalue weighted by atomic mass is 19.1. The summed E-state index contributed by atoms with van der Waals surface area (Å²) in [6, 6.07) is 3.79. The van der Waals surface area contributed by atoms with Crippen LogP contribution in [0.25, 0.3) is 0 Å². The minimum absolute atomic E-state index is 0.0888. The molecule has 1 unspecified atom stereocenters. The van der Waals surface area contributed by atoms with Crippen LogP contribution in [0.2, 0.25) is 0 Å². The van der Waals surface area contributed by atoms with Crippen LogP contribution >= 0.6 is 0 Å². The van der Waals surface area contributed by atoms with E-state index in [-0.39, 0.29) is 63.0 Å². The highest BCUT2D eigenvalue weighted by Crippen LogP contribution is 2.42. The zero-order valence-corrected chi connectivity index (χ0v) is 23.5. The molecule has 3 amide bonds. The molecule has 0 saturated carbocycles. The van der Waals surface area contributed by atoms with E-state index in [2.05, 4.69) is 5.32 Å². The Morgan fingerprint density at radius 1 is 1.20 bits per heavy atom. The Hall–Kier alpha value is -4.10. The molecule has 1 aromatic rings. The van der Waals surface area contributed by atoms with E-state index in [0.29, 0.717) is 0 Å². The molecule has 14 heteroatoms. The fourth-order valence-electron chi connectivity index (χ4n) is 4.89. The predicted octanol–water partition coefficient (Wildman–Crippen LogP) is 2.86. The largest absolute Gasteiger partial charge is 0.490 e. The number of amides is 3. The number of benzene rings is 1. The van der Waals surface area contributed by atoms with Gasteiger partial charge in [-0.3, -0.25) is 19.3 Å². The van der Waals surface area contributed by atoms with Gasteiger partial charge in [0.1, 0.15) is 11.7 Å². The number of anilines is 1. The van der Waals surface area contributed by atoms with Crippen LogP contribution in [0, 0.1) is 17.2 Å². The number of aliphatic carboxylic acids is 2. The van der Waals surface area contributed by atoms with Gasteiger partial charge in [0.05, 0.1) is 37.7 Å². The van der Waals surface area contributed by atoms with Crippen LogP contribution in [0.4, 0.5) is 19.7 Å². The first-order valence-electron chi connectivity index (χ1n) is 13.2. The summed E-state index contributed by atoms with van der Waals surface area (Å²) in [5.41, 5.74) is -1.76. The Morgan fingerprint density at radius 3 is 2.39 bits per heavy atom. The number of cyclic esters (lactones) is 1. The molecule has 2 saturated heterocycles. The van der Waals surface area contributed by atoms with E-state index in [9.17, 15) is 34.2 Å². The first-order chi connectivity index (χ1) is 19.1. The average molecular weight is 582 g/mol. The Bertz CT molecular complexity index is 1180. The maximum atomic E-state index is 15.1. The maximum Gasteiger partial charge on any atom is 0.414 e. The summed E-state index contributed by atoms with van der Waals surface area (Å²) in [7, 11) is 0. The van der Waals surface area contributed by atoms with E-state index in [1.807, 2.05) is 0 Å². The van der Waals surface area contributed by atoms with Crippen LogP contribution in [0.3, 0.4) is 0 Å². The van der Waals surface area contributed by atoms with Gasteiger partial charge in [-0.15, -0.1) is 0 Å². The van der Waals surface area contributed by atoms with Crippen LogP contribution < -0.4 is 15.0 Å². The third-order valence-electron chi connectivity index (χ3n) is 7.02. The van der Waals surface area contributed by atoms with Gasteiger partial charge < -0.3 is 34.6 Å². The molecular weight excluding hydrogens is 545 g/mol. The number of carbonyl (C=O) groups excluding carboxylic acids is 3. The number of nitrogens with zero attached hydrogens (tertiary/aromatic N) is 2. The monoisotopic (exact) mass is 581 g/mol. The average Bonchev–Trinajstić information content (AvgIpc) is 3.24. The molecule has 2 aliphatic heterocycles. The van der Waals surface area contributed by atoms with Crippen molar-refractivity contribution in [3.05, 3.63) is 24.0 Å². The molecule has 0 spiro atoms. The number of piperidine rings is 1. The van der Waals surface area contributed by atoms with E-state index in [1.165, 1.54) is 28.9 Å². The van der Waals surface area contributed by atoms with Crippen molar-refractivity contribution in [1.29, 1.82) is 0 Å². The van der Waals surface area contributed by atoms with Gasteiger partial charge in [-0.2, -0.15) is 0 Å². The summed E-state index contributed by atoms with van der Waals surface area (Å²) in [5, 5.41) is 21.9. The van der Waals surface area contributed by atoms with Gasteiger partial charge in [0.25, 0.3) is 0 Å². The summed E-state index contributed by atoms with van der Waals surface area (Å²) in [5.74, 6) is -5.33. The minimum Gasteiger partial charge on any atom is -0.490 e. The number of rotatable bonds is 10. The molecule has 2 atom stereocenters. The van der Waals surface area contributed by atoms with Crippen molar-refractivity contribution in [2.75, 3.05) is 37.7 Å². The highest BCUT2D eigenvalue weighted by molar-refractivity contribution is 5.90. The molecule has 13 nitrogen and oxygen atoms in total. The third kappa shape index (κ3) is 8.21. The lowest BCUT2D eigenvalue weighted by Crippen LogP contribution is -2.52. The van der Waals surface area contributed by atoms with Crippen LogP contribution in [0.15, 0.2) is 18.2 Å². The summed E-state index contributed by atoms with van der Waals surface area (Å²) >= 11 is 0. The second kappa shape index (κ2) is 12.6. The molecule has 226 valence electrons. The van der Waals surface area contributed by atoms with Gasteiger partial charge in [-0.05, 0) is 45.7 Å². The normalized spacial score (nSPS) is 19.2. The molecular formula is C27H36FN3O10. The minimum atomic E-state index is -1.36. The molecule has 3 N–H and O–H groups in total. The number of hydrogen-bond donors (Lipinski definition) is 3. The summed E-state index contributed by atoms with van der Waals surface area (Å²) < 4.78 is 31.5. The molecule has 41 heavy (non-hydrogen) atoms. The van der Waals surface area contributed by atoms with E-state index in [1.54, 1.807) is 20.8 Å². The molecule has 0 bridgehead atoms. The summed E-state index contributed by atoms with van der Waals surface area (Å²) in [6.45, 7) is 6.56. The highest BCUT2D eigenvalue weighted by Gasteiger charge is 2.48. The van der Waals surface area contributed by atoms with Crippen LogP contribution in [0.1, 0.15) is 47.0 Å². The lowest BCUT2D eigenvalue weighted by atomic mass is 9.68. The van der Waals surface area contributed by atoms with Crippen molar-refractivity contribution in [2.45, 2.75) is 58.7 Å². The van der Waals surface area contributed by atoms with E-state index in [0.717, 1.165) is 6.07 Å². The topological polar surface area (TPSA) is 172 Å². The lowest BCUT2D eigenvalue weighted by molar-refractivity contribution is -0.156. The molecule has 2 heterocycles. The van der Waals surface area contributed by atoms with E-state index >= 15 is 4.39 Å². The molecule has 0 radical (unpaired) electrons. The van der Waals surface area contributed by atoms with Crippen molar-refractivity contribution in [3.63, 3.8) is 0 Å². The Morgan fingerprint density at radius 2 is 1.85 bits per heavy atom.